The summed E-state index contributed by atoms with van der Waals surface area (Å²) in [6.07, 6.45) is 4.07. The van der Waals surface area contributed by atoms with Crippen LogP contribution in [-0.2, 0) is 9.53 Å². The Labute approximate surface area is 133 Å². The summed E-state index contributed by atoms with van der Waals surface area (Å²) in [4.78, 5) is 35.9. The first-order valence-corrected chi connectivity index (χ1v) is 7.48. The SMILES string of the molecule is Nc1ccc([N+](=O)[O-])cc1C(=O)OCC(=O)N1CCCCCC1. The minimum atomic E-state index is -0.839. The van der Waals surface area contributed by atoms with Crippen LogP contribution in [0.2, 0.25) is 0 Å². The molecule has 1 saturated heterocycles. The van der Waals surface area contributed by atoms with E-state index in [1.165, 1.54) is 12.1 Å². The average Bonchev–Trinajstić information content (AvgIpc) is 2.81. The standard InChI is InChI=1S/C15H19N3O5/c16-13-6-5-11(18(21)22)9-12(13)15(20)23-10-14(19)17-7-3-1-2-4-8-17/h5-6,9H,1-4,7-8,10,16H2. The molecular weight excluding hydrogens is 302 g/mol. The van der Waals surface area contributed by atoms with Crippen LogP contribution in [-0.4, -0.2) is 41.4 Å². The molecule has 1 aliphatic heterocycles. The molecule has 1 fully saturated rings. The summed E-state index contributed by atoms with van der Waals surface area (Å²) in [6.45, 7) is 0.936. The van der Waals surface area contributed by atoms with Crippen LogP contribution in [0.25, 0.3) is 0 Å². The lowest BCUT2D eigenvalue weighted by atomic mass is 10.1. The lowest BCUT2D eigenvalue weighted by molar-refractivity contribution is -0.384. The van der Waals surface area contributed by atoms with Gasteiger partial charge >= 0.3 is 5.97 Å². The third kappa shape index (κ3) is 4.41. The molecule has 0 unspecified atom stereocenters. The number of anilines is 1. The van der Waals surface area contributed by atoms with E-state index in [0.717, 1.165) is 31.7 Å². The highest BCUT2D eigenvalue weighted by Gasteiger charge is 2.20. The molecule has 1 aromatic rings. The van der Waals surface area contributed by atoms with Gasteiger partial charge in [0.05, 0.1) is 10.5 Å². The first-order chi connectivity index (χ1) is 11.0. The number of hydrogen-bond acceptors (Lipinski definition) is 6. The van der Waals surface area contributed by atoms with Crippen LogP contribution < -0.4 is 5.73 Å². The van der Waals surface area contributed by atoms with Crippen molar-refractivity contribution in [2.75, 3.05) is 25.4 Å². The van der Waals surface area contributed by atoms with Gasteiger partial charge in [-0.1, -0.05) is 12.8 Å². The summed E-state index contributed by atoms with van der Waals surface area (Å²) >= 11 is 0. The molecule has 0 atom stereocenters. The predicted octanol–water partition coefficient (Wildman–Crippen LogP) is 1.74. The molecule has 0 aromatic heterocycles. The molecule has 1 aliphatic rings. The van der Waals surface area contributed by atoms with E-state index in [4.69, 9.17) is 10.5 Å². The Kier molecular flexibility index (Phi) is 5.51. The summed E-state index contributed by atoms with van der Waals surface area (Å²) in [6, 6.07) is 3.52. The summed E-state index contributed by atoms with van der Waals surface area (Å²) in [7, 11) is 0. The third-order valence-electron chi connectivity index (χ3n) is 3.75. The van der Waals surface area contributed by atoms with Gasteiger partial charge in [0.2, 0.25) is 0 Å². The van der Waals surface area contributed by atoms with Gasteiger partial charge in [-0.25, -0.2) is 4.79 Å². The summed E-state index contributed by atoms with van der Waals surface area (Å²) in [5.41, 5.74) is 5.35. The van der Waals surface area contributed by atoms with E-state index in [1.807, 2.05) is 0 Å². The minimum absolute atomic E-state index is 0.0721. The Morgan fingerprint density at radius 1 is 1.22 bits per heavy atom. The number of amides is 1. The molecule has 0 bridgehead atoms. The molecule has 2 N–H and O–H groups in total. The number of rotatable bonds is 4. The molecule has 1 amide bonds. The molecule has 8 heteroatoms. The number of esters is 1. The van der Waals surface area contributed by atoms with Gasteiger partial charge in [-0.3, -0.25) is 14.9 Å². The Morgan fingerprint density at radius 3 is 2.48 bits per heavy atom. The molecule has 0 aliphatic carbocycles. The van der Waals surface area contributed by atoms with Crippen LogP contribution in [0, 0.1) is 10.1 Å². The molecule has 124 valence electrons. The second-order valence-corrected chi connectivity index (χ2v) is 5.40. The van der Waals surface area contributed by atoms with Gasteiger partial charge in [-0.15, -0.1) is 0 Å². The second kappa shape index (κ2) is 7.57. The van der Waals surface area contributed by atoms with Gasteiger partial charge in [0.1, 0.15) is 0 Å². The first kappa shape index (κ1) is 16.7. The number of nitro groups is 1. The highest BCUT2D eigenvalue weighted by atomic mass is 16.6. The maximum atomic E-state index is 12.1. The summed E-state index contributed by atoms with van der Waals surface area (Å²) in [5.74, 6) is -1.10. The van der Waals surface area contributed by atoms with Crippen LogP contribution in [0.1, 0.15) is 36.0 Å². The fourth-order valence-corrected chi connectivity index (χ4v) is 2.45. The van der Waals surface area contributed by atoms with E-state index < -0.39 is 10.9 Å². The maximum absolute atomic E-state index is 12.1. The monoisotopic (exact) mass is 321 g/mol. The summed E-state index contributed by atoms with van der Waals surface area (Å²) < 4.78 is 4.97. The lowest BCUT2D eigenvalue weighted by Gasteiger charge is -2.20. The number of nitrogens with zero attached hydrogens (tertiary/aromatic N) is 2. The van der Waals surface area contributed by atoms with Crippen LogP contribution in [0.3, 0.4) is 0 Å². The number of hydrogen-bond donors (Lipinski definition) is 1. The molecule has 0 spiro atoms. The number of nitrogen functional groups attached to an aromatic ring is 1. The second-order valence-electron chi connectivity index (χ2n) is 5.40. The van der Waals surface area contributed by atoms with Gasteiger partial charge in [0, 0.05) is 30.9 Å². The Balaban J connectivity index is 1.97. The van der Waals surface area contributed by atoms with E-state index >= 15 is 0 Å². The minimum Gasteiger partial charge on any atom is -0.452 e. The fourth-order valence-electron chi connectivity index (χ4n) is 2.45. The van der Waals surface area contributed by atoms with Crippen LogP contribution in [0.4, 0.5) is 11.4 Å². The highest BCUT2D eigenvalue weighted by Crippen LogP contribution is 2.20. The zero-order valence-corrected chi connectivity index (χ0v) is 12.7. The van der Waals surface area contributed by atoms with E-state index in [9.17, 15) is 19.7 Å². The zero-order chi connectivity index (χ0) is 16.8. The van der Waals surface area contributed by atoms with Gasteiger partial charge in [-0.2, -0.15) is 0 Å². The molecule has 23 heavy (non-hydrogen) atoms. The van der Waals surface area contributed by atoms with Gasteiger partial charge in [-0.05, 0) is 18.9 Å². The topological polar surface area (TPSA) is 116 Å². The van der Waals surface area contributed by atoms with E-state index in [-0.39, 0.29) is 29.5 Å². The van der Waals surface area contributed by atoms with Crippen LogP contribution in [0.15, 0.2) is 18.2 Å². The smallest absolute Gasteiger partial charge is 0.341 e. The van der Waals surface area contributed by atoms with Crippen molar-refractivity contribution in [1.82, 2.24) is 4.90 Å². The normalized spacial score (nSPS) is 14.9. The lowest BCUT2D eigenvalue weighted by Crippen LogP contribution is -2.35. The van der Waals surface area contributed by atoms with Crippen molar-refractivity contribution in [3.8, 4) is 0 Å². The van der Waals surface area contributed by atoms with E-state index in [0.29, 0.717) is 13.1 Å². The molecule has 8 nitrogen and oxygen atoms in total. The number of ether oxygens (including phenoxy) is 1. The molecular formula is C15H19N3O5. The van der Waals surface area contributed by atoms with Crippen molar-refractivity contribution in [3.05, 3.63) is 33.9 Å². The summed E-state index contributed by atoms with van der Waals surface area (Å²) in [5, 5.41) is 10.7. The van der Waals surface area contributed by atoms with Crippen LogP contribution in [0.5, 0.6) is 0 Å². The van der Waals surface area contributed by atoms with Crippen molar-refractivity contribution in [2.24, 2.45) is 0 Å². The number of likely N-dealkylation sites (tertiary alicyclic amines) is 1. The number of carbonyl (C=O) groups excluding carboxylic acids is 2. The van der Waals surface area contributed by atoms with Gasteiger partial charge in [0.25, 0.3) is 11.6 Å². The van der Waals surface area contributed by atoms with Crippen molar-refractivity contribution in [3.63, 3.8) is 0 Å². The Hall–Kier alpha value is -2.64. The molecule has 1 aromatic carbocycles. The molecule has 1 heterocycles. The largest absolute Gasteiger partial charge is 0.452 e. The Morgan fingerprint density at radius 2 is 1.87 bits per heavy atom. The van der Waals surface area contributed by atoms with Crippen molar-refractivity contribution in [1.29, 1.82) is 0 Å². The first-order valence-electron chi connectivity index (χ1n) is 7.48. The fraction of sp³-hybridized carbons (Fsp3) is 0.467. The molecule has 0 radical (unpaired) electrons. The average molecular weight is 321 g/mol. The maximum Gasteiger partial charge on any atom is 0.341 e. The van der Waals surface area contributed by atoms with E-state index in [2.05, 4.69) is 0 Å². The molecule has 2 rings (SSSR count). The predicted molar refractivity (Wildman–Crippen MR) is 82.8 cm³/mol. The van der Waals surface area contributed by atoms with Gasteiger partial charge < -0.3 is 15.4 Å². The number of benzene rings is 1. The number of non-ortho nitro benzene ring substituents is 1. The van der Waals surface area contributed by atoms with Gasteiger partial charge in [0.15, 0.2) is 6.61 Å². The third-order valence-corrected chi connectivity index (χ3v) is 3.75. The number of carbonyl (C=O) groups is 2. The highest BCUT2D eigenvalue weighted by molar-refractivity contribution is 5.97. The van der Waals surface area contributed by atoms with Crippen molar-refractivity contribution >= 4 is 23.3 Å². The Bertz CT molecular complexity index is 609. The van der Waals surface area contributed by atoms with Crippen molar-refractivity contribution < 1.29 is 19.2 Å². The van der Waals surface area contributed by atoms with Crippen LogP contribution >= 0.6 is 0 Å². The molecule has 0 saturated carbocycles. The van der Waals surface area contributed by atoms with E-state index in [1.54, 1.807) is 4.90 Å². The quantitative estimate of drug-likeness (QED) is 0.391. The zero-order valence-electron chi connectivity index (χ0n) is 12.7. The van der Waals surface area contributed by atoms with Crippen molar-refractivity contribution in [2.45, 2.75) is 25.7 Å². The number of nitro benzene ring substituents is 1. The number of nitrogens with two attached hydrogens (primary N) is 1.